The van der Waals surface area contributed by atoms with E-state index in [0.29, 0.717) is 5.92 Å². The lowest BCUT2D eigenvalue weighted by atomic mass is 9.86. The SMILES string of the molecule is Cc1ccc(C(N)CC2CCOc3ccccc32)cc1. The van der Waals surface area contributed by atoms with Crippen molar-refractivity contribution in [3.63, 3.8) is 0 Å². The minimum Gasteiger partial charge on any atom is -0.493 e. The molecule has 1 aliphatic rings. The van der Waals surface area contributed by atoms with Crippen LogP contribution in [0.25, 0.3) is 0 Å². The van der Waals surface area contributed by atoms with Crippen LogP contribution < -0.4 is 10.5 Å². The van der Waals surface area contributed by atoms with Crippen molar-refractivity contribution in [2.24, 2.45) is 5.73 Å². The molecule has 3 rings (SSSR count). The number of nitrogens with two attached hydrogens (primary N) is 1. The number of para-hydroxylation sites is 1. The molecule has 0 radical (unpaired) electrons. The Balaban J connectivity index is 1.77. The molecule has 0 amide bonds. The molecule has 0 fully saturated rings. The maximum atomic E-state index is 6.39. The summed E-state index contributed by atoms with van der Waals surface area (Å²) in [7, 11) is 0. The van der Waals surface area contributed by atoms with Gasteiger partial charge in [0.15, 0.2) is 0 Å². The molecule has 0 saturated carbocycles. The van der Waals surface area contributed by atoms with Crippen LogP contribution in [0.2, 0.25) is 0 Å². The van der Waals surface area contributed by atoms with Gasteiger partial charge in [-0.3, -0.25) is 0 Å². The Morgan fingerprint density at radius 1 is 1.15 bits per heavy atom. The Kier molecular flexibility index (Phi) is 3.75. The molecule has 0 bridgehead atoms. The average Bonchev–Trinajstić information content (AvgIpc) is 2.48. The van der Waals surface area contributed by atoms with E-state index < -0.39 is 0 Å². The first-order valence-electron chi connectivity index (χ1n) is 7.28. The van der Waals surface area contributed by atoms with Crippen molar-refractivity contribution in [1.29, 1.82) is 0 Å². The van der Waals surface area contributed by atoms with Gasteiger partial charge in [0, 0.05) is 6.04 Å². The first-order valence-corrected chi connectivity index (χ1v) is 7.28. The second-order valence-electron chi connectivity index (χ2n) is 5.62. The van der Waals surface area contributed by atoms with E-state index >= 15 is 0 Å². The number of rotatable bonds is 3. The normalized spacial score (nSPS) is 19.0. The molecule has 2 nitrogen and oxygen atoms in total. The fourth-order valence-electron chi connectivity index (χ4n) is 2.92. The van der Waals surface area contributed by atoms with E-state index in [0.717, 1.165) is 25.2 Å². The Bertz CT molecular complexity index is 576. The summed E-state index contributed by atoms with van der Waals surface area (Å²) in [4.78, 5) is 0. The highest BCUT2D eigenvalue weighted by Gasteiger charge is 2.23. The maximum Gasteiger partial charge on any atom is 0.122 e. The van der Waals surface area contributed by atoms with Crippen LogP contribution in [0.4, 0.5) is 0 Å². The quantitative estimate of drug-likeness (QED) is 0.913. The minimum atomic E-state index is 0.0896. The third-order valence-electron chi connectivity index (χ3n) is 4.13. The van der Waals surface area contributed by atoms with Crippen LogP contribution in [0.3, 0.4) is 0 Å². The third-order valence-corrected chi connectivity index (χ3v) is 4.13. The van der Waals surface area contributed by atoms with Gasteiger partial charge in [0.05, 0.1) is 6.61 Å². The van der Waals surface area contributed by atoms with E-state index in [1.54, 1.807) is 0 Å². The summed E-state index contributed by atoms with van der Waals surface area (Å²) in [6.07, 6.45) is 2.03. The van der Waals surface area contributed by atoms with Crippen LogP contribution in [-0.2, 0) is 0 Å². The summed E-state index contributed by atoms with van der Waals surface area (Å²) in [5.74, 6) is 1.52. The van der Waals surface area contributed by atoms with Gasteiger partial charge in [-0.05, 0) is 42.9 Å². The van der Waals surface area contributed by atoms with Crippen LogP contribution in [-0.4, -0.2) is 6.61 Å². The predicted octanol–water partition coefficient (Wildman–Crippen LogP) is 3.95. The van der Waals surface area contributed by atoms with Crippen molar-refractivity contribution >= 4 is 0 Å². The van der Waals surface area contributed by atoms with E-state index in [2.05, 4.69) is 49.4 Å². The molecule has 2 aromatic carbocycles. The molecule has 104 valence electrons. The van der Waals surface area contributed by atoms with Crippen LogP contribution in [0.15, 0.2) is 48.5 Å². The standard InChI is InChI=1S/C18H21NO/c1-13-6-8-14(9-7-13)17(19)12-15-10-11-20-18-5-3-2-4-16(15)18/h2-9,15,17H,10-12,19H2,1H3. The number of aryl methyl sites for hydroxylation is 1. The summed E-state index contributed by atoms with van der Waals surface area (Å²) in [6.45, 7) is 2.90. The first-order chi connectivity index (χ1) is 9.74. The van der Waals surface area contributed by atoms with Gasteiger partial charge >= 0.3 is 0 Å². The Morgan fingerprint density at radius 3 is 2.70 bits per heavy atom. The highest BCUT2D eigenvalue weighted by molar-refractivity contribution is 5.38. The monoisotopic (exact) mass is 267 g/mol. The van der Waals surface area contributed by atoms with Gasteiger partial charge in [-0.15, -0.1) is 0 Å². The lowest BCUT2D eigenvalue weighted by Gasteiger charge is -2.28. The van der Waals surface area contributed by atoms with Crippen molar-refractivity contribution < 1.29 is 4.74 Å². The van der Waals surface area contributed by atoms with Crippen LogP contribution in [0.1, 0.15) is 41.5 Å². The zero-order valence-corrected chi connectivity index (χ0v) is 11.9. The van der Waals surface area contributed by atoms with Crippen molar-refractivity contribution in [1.82, 2.24) is 0 Å². The molecule has 1 heterocycles. The second kappa shape index (κ2) is 5.68. The van der Waals surface area contributed by atoms with Gasteiger partial charge in [-0.25, -0.2) is 0 Å². The molecule has 1 aliphatic heterocycles. The molecule has 0 aliphatic carbocycles. The lowest BCUT2D eigenvalue weighted by molar-refractivity contribution is 0.259. The van der Waals surface area contributed by atoms with Crippen molar-refractivity contribution in [3.05, 3.63) is 65.2 Å². The maximum absolute atomic E-state index is 6.39. The molecule has 20 heavy (non-hydrogen) atoms. The van der Waals surface area contributed by atoms with Crippen LogP contribution in [0.5, 0.6) is 5.75 Å². The van der Waals surface area contributed by atoms with E-state index in [4.69, 9.17) is 10.5 Å². The lowest BCUT2D eigenvalue weighted by Crippen LogP contribution is -2.20. The number of hydrogen-bond acceptors (Lipinski definition) is 2. The Hall–Kier alpha value is -1.80. The molecule has 0 saturated heterocycles. The summed E-state index contributed by atoms with van der Waals surface area (Å²) < 4.78 is 5.72. The number of benzene rings is 2. The van der Waals surface area contributed by atoms with Gasteiger partial charge in [0.2, 0.25) is 0 Å². The molecule has 2 N–H and O–H groups in total. The van der Waals surface area contributed by atoms with Gasteiger partial charge in [0.25, 0.3) is 0 Å². The predicted molar refractivity (Wildman–Crippen MR) is 82.0 cm³/mol. The average molecular weight is 267 g/mol. The summed E-state index contributed by atoms with van der Waals surface area (Å²) >= 11 is 0. The van der Waals surface area contributed by atoms with E-state index in [-0.39, 0.29) is 6.04 Å². The third kappa shape index (κ3) is 2.70. The largest absolute Gasteiger partial charge is 0.493 e. The highest BCUT2D eigenvalue weighted by atomic mass is 16.5. The zero-order chi connectivity index (χ0) is 13.9. The van der Waals surface area contributed by atoms with Gasteiger partial charge < -0.3 is 10.5 Å². The van der Waals surface area contributed by atoms with Crippen LogP contribution in [0, 0.1) is 6.92 Å². The fourth-order valence-corrected chi connectivity index (χ4v) is 2.92. The minimum absolute atomic E-state index is 0.0896. The molecule has 0 aromatic heterocycles. The summed E-state index contributed by atoms with van der Waals surface area (Å²) in [5, 5.41) is 0. The molecule has 2 heteroatoms. The van der Waals surface area contributed by atoms with Crippen molar-refractivity contribution in [3.8, 4) is 5.75 Å². The molecule has 2 atom stereocenters. The number of fused-ring (bicyclic) bond motifs is 1. The van der Waals surface area contributed by atoms with Crippen LogP contribution >= 0.6 is 0 Å². The number of hydrogen-bond donors (Lipinski definition) is 1. The Labute approximate surface area is 120 Å². The van der Waals surface area contributed by atoms with E-state index in [9.17, 15) is 0 Å². The van der Waals surface area contributed by atoms with E-state index in [1.165, 1.54) is 16.7 Å². The molecule has 2 aromatic rings. The summed E-state index contributed by atoms with van der Waals surface area (Å²) in [5.41, 5.74) is 10.2. The Morgan fingerprint density at radius 2 is 1.90 bits per heavy atom. The first kappa shape index (κ1) is 13.2. The zero-order valence-electron chi connectivity index (χ0n) is 11.9. The molecular weight excluding hydrogens is 246 g/mol. The van der Waals surface area contributed by atoms with Crippen molar-refractivity contribution in [2.45, 2.75) is 31.7 Å². The van der Waals surface area contributed by atoms with Gasteiger partial charge in [-0.2, -0.15) is 0 Å². The van der Waals surface area contributed by atoms with Crippen molar-refractivity contribution in [2.75, 3.05) is 6.61 Å². The highest BCUT2D eigenvalue weighted by Crippen LogP contribution is 2.38. The summed E-state index contributed by atoms with van der Waals surface area (Å²) in [6, 6.07) is 17.0. The number of ether oxygens (including phenoxy) is 1. The smallest absolute Gasteiger partial charge is 0.122 e. The van der Waals surface area contributed by atoms with Gasteiger partial charge in [0.1, 0.15) is 5.75 Å². The topological polar surface area (TPSA) is 35.2 Å². The van der Waals surface area contributed by atoms with E-state index in [1.807, 2.05) is 6.07 Å². The molecule has 2 unspecified atom stereocenters. The second-order valence-corrected chi connectivity index (χ2v) is 5.62. The molecular formula is C18H21NO. The fraction of sp³-hybridized carbons (Fsp3) is 0.333. The molecule has 0 spiro atoms. The van der Waals surface area contributed by atoms with Gasteiger partial charge in [-0.1, -0.05) is 48.0 Å².